The van der Waals surface area contributed by atoms with Crippen LogP contribution < -0.4 is 15.0 Å². The van der Waals surface area contributed by atoms with Crippen LogP contribution in [0.25, 0.3) is 0 Å². The van der Waals surface area contributed by atoms with Gasteiger partial charge in [0.1, 0.15) is 0 Å². The zero-order valence-electron chi connectivity index (χ0n) is 12.5. The third-order valence-corrected chi connectivity index (χ3v) is 3.84. The molecule has 0 aromatic heterocycles. The van der Waals surface area contributed by atoms with Crippen LogP contribution in [0.15, 0.2) is 23.2 Å². The fourth-order valence-corrected chi connectivity index (χ4v) is 2.69. The van der Waals surface area contributed by atoms with Crippen molar-refractivity contribution in [3.8, 4) is 11.5 Å². The Morgan fingerprint density at radius 3 is 2.71 bits per heavy atom. The maximum Gasteiger partial charge on any atom is 0.225 e. The second-order valence-electron chi connectivity index (χ2n) is 5.24. The minimum Gasteiger partial charge on any atom is -0.493 e. The third kappa shape index (κ3) is 3.11. The molecule has 2 aliphatic heterocycles. The minimum absolute atomic E-state index is 0.192. The molecule has 114 valence electrons. The van der Waals surface area contributed by atoms with E-state index in [1.807, 2.05) is 18.2 Å². The molecule has 1 aromatic rings. The minimum atomic E-state index is -0.192. The number of hydrogen-bond acceptors (Lipinski definition) is 6. The number of nitrogens with one attached hydrogen (secondary N) is 1. The van der Waals surface area contributed by atoms with Crippen molar-refractivity contribution in [1.82, 2.24) is 10.4 Å². The molecular formula is C15H21N3O3. The first-order valence-electron chi connectivity index (χ1n) is 7.23. The van der Waals surface area contributed by atoms with Gasteiger partial charge in [-0.2, -0.15) is 0 Å². The first-order chi connectivity index (χ1) is 10.3. The summed E-state index contributed by atoms with van der Waals surface area (Å²) in [5.41, 5.74) is 3.95. The number of nitrogens with zero attached hydrogens (tertiary/aromatic N) is 2. The normalized spacial score (nSPS) is 22.0. The van der Waals surface area contributed by atoms with Gasteiger partial charge >= 0.3 is 0 Å². The van der Waals surface area contributed by atoms with Gasteiger partial charge in [0.05, 0.1) is 20.8 Å². The van der Waals surface area contributed by atoms with Gasteiger partial charge in [-0.3, -0.25) is 4.90 Å². The van der Waals surface area contributed by atoms with Crippen LogP contribution in [-0.2, 0) is 4.84 Å². The highest BCUT2D eigenvalue weighted by Gasteiger charge is 2.24. The molecule has 0 radical (unpaired) electrons. The average molecular weight is 291 g/mol. The molecule has 1 saturated heterocycles. The molecule has 1 fully saturated rings. The Morgan fingerprint density at radius 2 is 2.00 bits per heavy atom. The van der Waals surface area contributed by atoms with E-state index in [1.54, 1.807) is 14.2 Å². The van der Waals surface area contributed by atoms with E-state index < -0.39 is 0 Å². The zero-order chi connectivity index (χ0) is 14.7. The van der Waals surface area contributed by atoms with Crippen molar-refractivity contribution in [2.24, 2.45) is 4.99 Å². The van der Waals surface area contributed by atoms with Gasteiger partial charge in [-0.25, -0.2) is 4.99 Å². The number of hydroxylamine groups is 1. The average Bonchev–Trinajstić information content (AvgIpc) is 3.19. The first kappa shape index (κ1) is 14.2. The lowest BCUT2D eigenvalue weighted by Gasteiger charge is -2.12. The van der Waals surface area contributed by atoms with Crippen molar-refractivity contribution < 1.29 is 14.3 Å². The van der Waals surface area contributed by atoms with Crippen molar-refractivity contribution >= 4 is 5.90 Å². The van der Waals surface area contributed by atoms with Crippen molar-refractivity contribution in [1.29, 1.82) is 0 Å². The fraction of sp³-hybridized carbons (Fsp3) is 0.533. The van der Waals surface area contributed by atoms with Crippen molar-refractivity contribution in [3.05, 3.63) is 23.8 Å². The van der Waals surface area contributed by atoms with E-state index in [4.69, 9.17) is 14.3 Å². The van der Waals surface area contributed by atoms with E-state index in [2.05, 4.69) is 15.4 Å². The molecule has 2 heterocycles. The zero-order valence-corrected chi connectivity index (χ0v) is 12.5. The van der Waals surface area contributed by atoms with E-state index in [1.165, 1.54) is 12.8 Å². The number of hydrogen-bond donors (Lipinski definition) is 1. The summed E-state index contributed by atoms with van der Waals surface area (Å²) in [4.78, 5) is 12.5. The summed E-state index contributed by atoms with van der Waals surface area (Å²) in [6.45, 7) is 3.03. The molecule has 0 amide bonds. The molecule has 0 aliphatic carbocycles. The van der Waals surface area contributed by atoms with E-state index in [0.29, 0.717) is 11.5 Å². The topological polar surface area (TPSA) is 55.3 Å². The molecule has 6 heteroatoms. The molecule has 0 spiro atoms. The molecule has 21 heavy (non-hydrogen) atoms. The number of methoxy groups -OCH3 is 2. The van der Waals surface area contributed by atoms with Crippen LogP contribution in [0, 0.1) is 0 Å². The monoisotopic (exact) mass is 291 g/mol. The predicted molar refractivity (Wildman–Crippen MR) is 79.6 cm³/mol. The van der Waals surface area contributed by atoms with Gasteiger partial charge in [0.25, 0.3) is 0 Å². The van der Waals surface area contributed by atoms with E-state index in [9.17, 15) is 0 Å². The maximum atomic E-state index is 5.50. The molecule has 1 N–H and O–H groups in total. The van der Waals surface area contributed by atoms with Gasteiger partial charge in [-0.05, 0) is 43.6 Å². The Bertz CT molecular complexity index is 527. The highest BCUT2D eigenvalue weighted by Crippen LogP contribution is 2.31. The van der Waals surface area contributed by atoms with Crippen LogP contribution in [0.1, 0.15) is 24.6 Å². The van der Waals surface area contributed by atoms with Crippen LogP contribution in [0.2, 0.25) is 0 Å². The highest BCUT2D eigenvalue weighted by molar-refractivity contribution is 5.79. The maximum absolute atomic E-state index is 5.50. The second kappa shape index (κ2) is 6.32. The molecule has 2 aliphatic rings. The van der Waals surface area contributed by atoms with Crippen LogP contribution in [0.5, 0.6) is 11.5 Å². The summed E-state index contributed by atoms with van der Waals surface area (Å²) >= 11 is 0. The quantitative estimate of drug-likeness (QED) is 0.895. The number of aliphatic imine (C=N–C) groups is 1. The Morgan fingerprint density at radius 1 is 1.24 bits per heavy atom. The van der Waals surface area contributed by atoms with Gasteiger partial charge in [0, 0.05) is 0 Å². The Balaban J connectivity index is 1.71. The van der Waals surface area contributed by atoms with Gasteiger partial charge in [0.15, 0.2) is 17.7 Å². The second-order valence-corrected chi connectivity index (χ2v) is 5.24. The fourth-order valence-electron chi connectivity index (χ4n) is 2.69. The largest absolute Gasteiger partial charge is 0.493 e. The summed E-state index contributed by atoms with van der Waals surface area (Å²) in [5.74, 6) is 2.15. The summed E-state index contributed by atoms with van der Waals surface area (Å²) in [7, 11) is 3.25. The molecule has 1 atom stereocenters. The summed E-state index contributed by atoms with van der Waals surface area (Å²) in [6, 6.07) is 5.76. The van der Waals surface area contributed by atoms with Gasteiger partial charge < -0.3 is 14.3 Å². The van der Waals surface area contributed by atoms with E-state index >= 15 is 0 Å². The number of ether oxygens (including phenoxy) is 2. The van der Waals surface area contributed by atoms with E-state index in [0.717, 1.165) is 31.1 Å². The van der Waals surface area contributed by atoms with Crippen LogP contribution in [0.3, 0.4) is 0 Å². The van der Waals surface area contributed by atoms with Crippen molar-refractivity contribution in [3.63, 3.8) is 0 Å². The Labute approximate surface area is 124 Å². The smallest absolute Gasteiger partial charge is 0.225 e. The molecule has 6 nitrogen and oxygen atoms in total. The highest BCUT2D eigenvalue weighted by atomic mass is 16.7. The lowest BCUT2D eigenvalue weighted by molar-refractivity contribution is 0.169. The standard InChI is InChI=1S/C15H21N3O3/c1-19-12-6-5-11(9-13(12)20-2)15-16-14(21-17-15)10-18-7-3-4-8-18/h5-6,9,15,17H,3-4,7-8,10H2,1-2H3/t15-/m0/s1. The molecule has 0 saturated carbocycles. The Kier molecular flexibility index (Phi) is 4.26. The lowest BCUT2D eigenvalue weighted by atomic mass is 10.1. The summed E-state index contributed by atoms with van der Waals surface area (Å²) in [6.07, 6.45) is 2.34. The molecular weight excluding hydrogens is 270 g/mol. The van der Waals surface area contributed by atoms with Gasteiger partial charge in [-0.15, -0.1) is 5.48 Å². The van der Waals surface area contributed by atoms with Gasteiger partial charge in [0.2, 0.25) is 5.90 Å². The van der Waals surface area contributed by atoms with Crippen molar-refractivity contribution in [2.75, 3.05) is 33.9 Å². The predicted octanol–water partition coefficient (Wildman–Crippen LogP) is 1.73. The van der Waals surface area contributed by atoms with Crippen LogP contribution in [-0.4, -0.2) is 44.7 Å². The molecule has 0 bridgehead atoms. The van der Waals surface area contributed by atoms with Gasteiger partial charge in [-0.1, -0.05) is 6.07 Å². The lowest BCUT2D eigenvalue weighted by Crippen LogP contribution is -2.28. The van der Waals surface area contributed by atoms with Crippen LogP contribution >= 0.6 is 0 Å². The molecule has 3 rings (SSSR count). The number of benzene rings is 1. The van der Waals surface area contributed by atoms with Crippen molar-refractivity contribution in [2.45, 2.75) is 19.0 Å². The summed E-state index contributed by atoms with van der Waals surface area (Å²) < 4.78 is 10.6. The SMILES string of the molecule is COc1ccc([C@H]2N=C(CN3CCCC3)ON2)cc1OC. The van der Waals surface area contributed by atoms with E-state index in [-0.39, 0.29) is 6.17 Å². The first-order valence-corrected chi connectivity index (χ1v) is 7.23. The number of rotatable bonds is 5. The van der Waals surface area contributed by atoms with Crippen LogP contribution in [0.4, 0.5) is 0 Å². The molecule has 0 unspecified atom stereocenters. The molecule has 1 aromatic carbocycles. The number of likely N-dealkylation sites (tertiary alicyclic amines) is 1. The summed E-state index contributed by atoms with van der Waals surface area (Å²) in [5, 5.41) is 0. The third-order valence-electron chi connectivity index (χ3n) is 3.84. The Hall–Kier alpha value is -1.79.